The van der Waals surface area contributed by atoms with Crippen LogP contribution in [-0.4, -0.2) is 67.7 Å². The molecule has 0 unspecified atom stereocenters. The molecule has 0 saturated carbocycles. The fourth-order valence-corrected chi connectivity index (χ4v) is 2.36. The summed E-state index contributed by atoms with van der Waals surface area (Å²) in [5, 5.41) is 4.82. The molecular weight excluding hydrogens is 290 g/mol. The zero-order chi connectivity index (χ0) is 16.7. The van der Waals surface area contributed by atoms with Crippen LogP contribution in [0.2, 0.25) is 0 Å². The molecule has 1 aliphatic rings. The molecule has 22 heavy (non-hydrogen) atoms. The lowest BCUT2D eigenvalue weighted by molar-refractivity contribution is -0.128. The van der Waals surface area contributed by atoms with Crippen molar-refractivity contribution in [1.29, 1.82) is 0 Å². The number of primary amides is 2. The minimum absolute atomic E-state index is 0.134. The van der Waals surface area contributed by atoms with Crippen LogP contribution < -0.4 is 22.1 Å². The lowest BCUT2D eigenvalue weighted by atomic mass is 10.0. The van der Waals surface area contributed by atoms with Crippen molar-refractivity contribution in [2.45, 2.75) is 25.9 Å². The highest BCUT2D eigenvalue weighted by atomic mass is 16.5. The van der Waals surface area contributed by atoms with Gasteiger partial charge in [-0.2, -0.15) is 0 Å². The third kappa shape index (κ3) is 5.49. The van der Waals surface area contributed by atoms with Gasteiger partial charge in [-0.05, 0) is 5.92 Å². The summed E-state index contributed by atoms with van der Waals surface area (Å²) >= 11 is 0. The van der Waals surface area contributed by atoms with Crippen LogP contribution in [0, 0.1) is 5.92 Å². The number of ether oxygens (including phenoxy) is 1. The monoisotopic (exact) mass is 315 g/mol. The second-order valence-corrected chi connectivity index (χ2v) is 5.55. The molecule has 126 valence electrons. The first-order valence-electron chi connectivity index (χ1n) is 7.27. The summed E-state index contributed by atoms with van der Waals surface area (Å²) in [5.74, 6) is -1.66. The number of amides is 4. The molecule has 1 heterocycles. The maximum absolute atomic E-state index is 11.8. The van der Waals surface area contributed by atoms with E-state index in [4.69, 9.17) is 16.2 Å². The molecule has 1 rings (SSSR count). The number of nitrogens with zero attached hydrogens (tertiary/aromatic N) is 1. The van der Waals surface area contributed by atoms with Crippen molar-refractivity contribution in [3.63, 3.8) is 0 Å². The number of hydrogen-bond acceptors (Lipinski definition) is 5. The highest BCUT2D eigenvalue weighted by molar-refractivity contribution is 6.05. The van der Waals surface area contributed by atoms with Crippen LogP contribution in [0.1, 0.15) is 13.8 Å². The maximum Gasteiger partial charge on any atom is 0.315 e. The lowest BCUT2D eigenvalue weighted by Gasteiger charge is -2.36. The molecule has 1 fully saturated rings. The Morgan fingerprint density at radius 3 is 2.14 bits per heavy atom. The Hall–Kier alpha value is -1.87. The van der Waals surface area contributed by atoms with Crippen molar-refractivity contribution in [3.05, 3.63) is 0 Å². The van der Waals surface area contributed by atoms with Gasteiger partial charge in [0.1, 0.15) is 0 Å². The first-order valence-corrected chi connectivity index (χ1v) is 7.27. The summed E-state index contributed by atoms with van der Waals surface area (Å²) in [7, 11) is 0. The summed E-state index contributed by atoms with van der Waals surface area (Å²) in [6.07, 6.45) is 0. The standard InChI is InChI=1S/C13H25N5O4/c1-8(2)9(18-3-5-22-6-4-18)7-16-13(21)17-10(11(14)19)12(15)20/h8-10H,3-7H2,1-2H3,(H2,14,19)(H2,15,20)(H2,16,17,21)/t9-/m0/s1. The van der Waals surface area contributed by atoms with Crippen LogP contribution in [-0.2, 0) is 14.3 Å². The van der Waals surface area contributed by atoms with E-state index in [0.29, 0.717) is 25.7 Å². The summed E-state index contributed by atoms with van der Waals surface area (Å²) in [5.41, 5.74) is 10.0. The number of morpholine rings is 1. The lowest BCUT2D eigenvalue weighted by Crippen LogP contribution is -2.57. The van der Waals surface area contributed by atoms with Crippen molar-refractivity contribution in [3.8, 4) is 0 Å². The van der Waals surface area contributed by atoms with Crippen LogP contribution in [0.15, 0.2) is 0 Å². The molecule has 1 atom stereocenters. The Kier molecular flexibility index (Phi) is 7.06. The van der Waals surface area contributed by atoms with Gasteiger partial charge >= 0.3 is 6.03 Å². The van der Waals surface area contributed by atoms with Gasteiger partial charge in [-0.15, -0.1) is 0 Å². The SMILES string of the molecule is CC(C)[C@H](CNC(=O)NC(C(N)=O)C(N)=O)N1CCOCC1. The predicted molar refractivity (Wildman–Crippen MR) is 79.7 cm³/mol. The molecule has 0 aromatic heterocycles. The molecule has 9 heteroatoms. The fourth-order valence-electron chi connectivity index (χ4n) is 2.36. The van der Waals surface area contributed by atoms with Crippen molar-refractivity contribution >= 4 is 17.8 Å². The molecule has 0 bridgehead atoms. The number of rotatable bonds is 7. The summed E-state index contributed by atoms with van der Waals surface area (Å²) in [4.78, 5) is 36.1. The van der Waals surface area contributed by atoms with Crippen molar-refractivity contribution < 1.29 is 19.1 Å². The first-order chi connectivity index (χ1) is 10.3. The van der Waals surface area contributed by atoms with Crippen LogP contribution in [0.3, 0.4) is 0 Å². The van der Waals surface area contributed by atoms with Gasteiger partial charge in [0.05, 0.1) is 13.2 Å². The van der Waals surface area contributed by atoms with Crippen LogP contribution in [0.4, 0.5) is 4.79 Å². The van der Waals surface area contributed by atoms with Crippen molar-refractivity contribution in [2.24, 2.45) is 17.4 Å². The largest absolute Gasteiger partial charge is 0.379 e. The molecule has 0 aromatic carbocycles. The molecule has 4 amide bonds. The maximum atomic E-state index is 11.8. The highest BCUT2D eigenvalue weighted by Crippen LogP contribution is 2.12. The quantitative estimate of drug-likeness (QED) is 0.402. The second-order valence-electron chi connectivity index (χ2n) is 5.55. The van der Waals surface area contributed by atoms with Gasteiger partial charge in [-0.1, -0.05) is 13.8 Å². The van der Waals surface area contributed by atoms with E-state index >= 15 is 0 Å². The number of nitrogens with two attached hydrogens (primary N) is 2. The highest BCUT2D eigenvalue weighted by Gasteiger charge is 2.26. The smallest absolute Gasteiger partial charge is 0.315 e. The van der Waals surface area contributed by atoms with E-state index in [2.05, 4.69) is 29.4 Å². The first kappa shape index (κ1) is 18.2. The molecule has 0 radical (unpaired) electrons. The Morgan fingerprint density at radius 1 is 1.14 bits per heavy atom. The third-order valence-electron chi connectivity index (χ3n) is 3.60. The Labute approximate surface area is 129 Å². The Morgan fingerprint density at radius 2 is 1.68 bits per heavy atom. The van der Waals surface area contributed by atoms with Gasteiger partial charge in [0.2, 0.25) is 11.8 Å². The van der Waals surface area contributed by atoms with Crippen LogP contribution in [0.5, 0.6) is 0 Å². The van der Waals surface area contributed by atoms with Gasteiger partial charge in [0.15, 0.2) is 6.04 Å². The molecule has 0 aliphatic carbocycles. The summed E-state index contributed by atoms with van der Waals surface area (Å²) < 4.78 is 5.32. The van der Waals surface area contributed by atoms with Crippen molar-refractivity contribution in [2.75, 3.05) is 32.8 Å². The minimum Gasteiger partial charge on any atom is -0.379 e. The normalized spacial score (nSPS) is 17.3. The van der Waals surface area contributed by atoms with E-state index in [-0.39, 0.29) is 6.04 Å². The molecule has 0 aromatic rings. The second kappa shape index (κ2) is 8.54. The summed E-state index contributed by atoms with van der Waals surface area (Å²) in [6, 6.07) is -2.03. The Balaban J connectivity index is 2.51. The van der Waals surface area contributed by atoms with Gasteiger partial charge in [0, 0.05) is 25.7 Å². The van der Waals surface area contributed by atoms with Gasteiger partial charge < -0.3 is 26.8 Å². The van der Waals surface area contributed by atoms with E-state index in [0.717, 1.165) is 13.1 Å². The van der Waals surface area contributed by atoms with Gasteiger partial charge in [-0.25, -0.2) is 4.79 Å². The number of hydrogen-bond donors (Lipinski definition) is 4. The molecular formula is C13H25N5O4. The number of carbonyl (C=O) groups excluding carboxylic acids is 3. The average molecular weight is 315 g/mol. The predicted octanol–water partition coefficient (Wildman–Crippen LogP) is -2.02. The van der Waals surface area contributed by atoms with Crippen LogP contribution >= 0.6 is 0 Å². The third-order valence-corrected chi connectivity index (χ3v) is 3.60. The van der Waals surface area contributed by atoms with E-state index in [1.165, 1.54) is 0 Å². The van der Waals surface area contributed by atoms with E-state index < -0.39 is 23.9 Å². The minimum atomic E-state index is -1.51. The fraction of sp³-hybridized carbons (Fsp3) is 0.769. The molecule has 9 nitrogen and oxygen atoms in total. The summed E-state index contributed by atoms with van der Waals surface area (Å²) in [6.45, 7) is 7.45. The molecule has 1 aliphatic heterocycles. The number of nitrogens with one attached hydrogen (secondary N) is 2. The Bertz CT molecular complexity index is 395. The topological polar surface area (TPSA) is 140 Å². The van der Waals surface area contributed by atoms with E-state index in [1.54, 1.807) is 0 Å². The van der Waals surface area contributed by atoms with Crippen molar-refractivity contribution in [1.82, 2.24) is 15.5 Å². The number of urea groups is 1. The zero-order valence-electron chi connectivity index (χ0n) is 13.0. The van der Waals surface area contributed by atoms with E-state index in [1.807, 2.05) is 0 Å². The number of carbonyl (C=O) groups is 3. The molecule has 6 N–H and O–H groups in total. The van der Waals surface area contributed by atoms with E-state index in [9.17, 15) is 14.4 Å². The van der Waals surface area contributed by atoms with Crippen LogP contribution in [0.25, 0.3) is 0 Å². The average Bonchev–Trinajstić information content (AvgIpc) is 2.45. The molecule has 1 saturated heterocycles. The van der Waals surface area contributed by atoms with Gasteiger partial charge in [-0.3, -0.25) is 14.5 Å². The molecule has 0 spiro atoms. The van der Waals surface area contributed by atoms with Gasteiger partial charge in [0.25, 0.3) is 0 Å². The zero-order valence-corrected chi connectivity index (χ0v) is 13.0.